The Hall–Kier alpha value is -2.33. The van der Waals surface area contributed by atoms with Gasteiger partial charge in [-0.2, -0.15) is 0 Å². The molecule has 0 fully saturated rings. The molecule has 100 valence electrons. The van der Waals surface area contributed by atoms with Crippen molar-refractivity contribution in [1.82, 2.24) is 0 Å². The summed E-state index contributed by atoms with van der Waals surface area (Å²) in [6, 6.07) is 17.6. The average Bonchev–Trinajstić information content (AvgIpc) is 2.85. The van der Waals surface area contributed by atoms with Gasteiger partial charge in [0.25, 0.3) is 0 Å². The number of rotatable bonds is 4. The standard InChI is InChI=1S/C16H13NO2S/c18-16(19)15-13(10-17-11-6-2-1-3-7-11)12-8-4-5-9-14(12)20-15/h1-9,17H,10H2,(H,18,19). The number of fused-ring (bicyclic) bond motifs is 1. The zero-order valence-electron chi connectivity index (χ0n) is 10.7. The maximum atomic E-state index is 11.4. The van der Waals surface area contributed by atoms with Crippen LogP contribution in [0.25, 0.3) is 10.1 Å². The fourth-order valence-electron chi connectivity index (χ4n) is 2.19. The van der Waals surface area contributed by atoms with Gasteiger partial charge in [-0.15, -0.1) is 11.3 Å². The summed E-state index contributed by atoms with van der Waals surface area (Å²) >= 11 is 1.33. The second-order valence-corrected chi connectivity index (χ2v) is 5.48. The molecule has 3 nitrogen and oxygen atoms in total. The summed E-state index contributed by atoms with van der Waals surface area (Å²) in [7, 11) is 0. The van der Waals surface area contributed by atoms with Crippen molar-refractivity contribution in [3.05, 3.63) is 65.0 Å². The van der Waals surface area contributed by atoms with Crippen molar-refractivity contribution in [2.45, 2.75) is 6.54 Å². The lowest BCUT2D eigenvalue weighted by molar-refractivity contribution is 0.0701. The van der Waals surface area contributed by atoms with Crippen LogP contribution in [0.15, 0.2) is 54.6 Å². The smallest absolute Gasteiger partial charge is 0.346 e. The molecule has 20 heavy (non-hydrogen) atoms. The summed E-state index contributed by atoms with van der Waals surface area (Å²) < 4.78 is 1.01. The molecule has 0 saturated heterocycles. The van der Waals surface area contributed by atoms with Crippen LogP contribution in [0.5, 0.6) is 0 Å². The molecule has 0 radical (unpaired) electrons. The molecule has 0 atom stereocenters. The molecule has 0 amide bonds. The van der Waals surface area contributed by atoms with Crippen LogP contribution in [0.2, 0.25) is 0 Å². The molecular weight excluding hydrogens is 270 g/mol. The van der Waals surface area contributed by atoms with Crippen LogP contribution in [0.4, 0.5) is 5.69 Å². The first-order chi connectivity index (χ1) is 9.75. The number of carboxylic acid groups (broad SMARTS) is 1. The first-order valence-electron chi connectivity index (χ1n) is 6.28. The van der Waals surface area contributed by atoms with E-state index in [0.29, 0.717) is 11.4 Å². The summed E-state index contributed by atoms with van der Waals surface area (Å²) in [5.41, 5.74) is 1.83. The van der Waals surface area contributed by atoms with E-state index in [1.54, 1.807) is 0 Å². The molecule has 2 aromatic carbocycles. The van der Waals surface area contributed by atoms with Gasteiger partial charge in [-0.05, 0) is 23.6 Å². The zero-order chi connectivity index (χ0) is 13.9. The minimum atomic E-state index is -0.865. The molecule has 3 aromatic rings. The number of anilines is 1. The predicted molar refractivity (Wildman–Crippen MR) is 82.6 cm³/mol. The van der Waals surface area contributed by atoms with Crippen LogP contribution in [0.3, 0.4) is 0 Å². The summed E-state index contributed by atoms with van der Waals surface area (Å²) in [6.07, 6.45) is 0. The van der Waals surface area contributed by atoms with Gasteiger partial charge < -0.3 is 10.4 Å². The molecule has 1 aromatic heterocycles. The van der Waals surface area contributed by atoms with Crippen molar-refractivity contribution in [3.8, 4) is 0 Å². The van der Waals surface area contributed by atoms with E-state index in [1.807, 2.05) is 54.6 Å². The second-order valence-electron chi connectivity index (χ2n) is 4.43. The summed E-state index contributed by atoms with van der Waals surface area (Å²) in [5, 5.41) is 13.6. The Balaban J connectivity index is 1.97. The monoisotopic (exact) mass is 283 g/mol. The third-order valence-electron chi connectivity index (χ3n) is 3.14. The van der Waals surface area contributed by atoms with E-state index in [1.165, 1.54) is 11.3 Å². The highest BCUT2D eigenvalue weighted by Crippen LogP contribution is 2.31. The topological polar surface area (TPSA) is 49.3 Å². The lowest BCUT2D eigenvalue weighted by atomic mass is 10.1. The third-order valence-corrected chi connectivity index (χ3v) is 4.34. The van der Waals surface area contributed by atoms with E-state index in [-0.39, 0.29) is 0 Å². The van der Waals surface area contributed by atoms with E-state index >= 15 is 0 Å². The van der Waals surface area contributed by atoms with Gasteiger partial charge in [0, 0.05) is 22.5 Å². The van der Waals surface area contributed by atoms with Crippen LogP contribution >= 0.6 is 11.3 Å². The van der Waals surface area contributed by atoms with Crippen LogP contribution in [-0.2, 0) is 6.54 Å². The minimum Gasteiger partial charge on any atom is -0.477 e. The molecule has 0 bridgehead atoms. The molecule has 2 N–H and O–H groups in total. The molecular formula is C16H13NO2S. The SMILES string of the molecule is O=C(O)c1sc2ccccc2c1CNc1ccccc1. The highest BCUT2D eigenvalue weighted by molar-refractivity contribution is 7.21. The second kappa shape index (κ2) is 5.35. The number of hydrogen-bond acceptors (Lipinski definition) is 3. The van der Waals surface area contributed by atoms with E-state index in [0.717, 1.165) is 21.3 Å². The van der Waals surface area contributed by atoms with E-state index in [4.69, 9.17) is 0 Å². The Morgan fingerprint density at radius 2 is 1.75 bits per heavy atom. The number of aromatic carboxylic acids is 1. The predicted octanol–water partition coefficient (Wildman–Crippen LogP) is 4.21. The molecule has 4 heteroatoms. The number of carboxylic acids is 1. The van der Waals surface area contributed by atoms with Gasteiger partial charge in [-0.25, -0.2) is 4.79 Å². The van der Waals surface area contributed by atoms with Gasteiger partial charge in [0.15, 0.2) is 0 Å². The molecule has 0 aliphatic heterocycles. The molecule has 0 aliphatic carbocycles. The van der Waals surface area contributed by atoms with Crippen molar-refractivity contribution in [1.29, 1.82) is 0 Å². The molecule has 1 heterocycles. The quantitative estimate of drug-likeness (QED) is 0.754. The fraction of sp³-hybridized carbons (Fsp3) is 0.0625. The minimum absolute atomic E-state index is 0.412. The lowest BCUT2D eigenvalue weighted by Gasteiger charge is -2.06. The number of benzene rings is 2. The normalized spacial score (nSPS) is 10.6. The number of carbonyl (C=O) groups is 1. The number of thiophene rings is 1. The van der Waals surface area contributed by atoms with Gasteiger partial charge in [0.1, 0.15) is 4.88 Å². The molecule has 0 unspecified atom stereocenters. The van der Waals surface area contributed by atoms with Gasteiger partial charge >= 0.3 is 5.97 Å². The fourth-order valence-corrected chi connectivity index (χ4v) is 3.25. The van der Waals surface area contributed by atoms with E-state index < -0.39 is 5.97 Å². The summed E-state index contributed by atoms with van der Waals surface area (Å²) in [6.45, 7) is 0.510. The number of nitrogens with one attached hydrogen (secondary N) is 1. The van der Waals surface area contributed by atoms with Crippen molar-refractivity contribution in [2.24, 2.45) is 0 Å². The van der Waals surface area contributed by atoms with Gasteiger partial charge in [-0.1, -0.05) is 36.4 Å². The first kappa shape index (κ1) is 12.7. The van der Waals surface area contributed by atoms with E-state index in [2.05, 4.69) is 5.32 Å². The Labute approximate surface area is 120 Å². The lowest BCUT2D eigenvalue weighted by Crippen LogP contribution is -2.04. The van der Waals surface area contributed by atoms with Gasteiger partial charge in [0.2, 0.25) is 0 Å². The largest absolute Gasteiger partial charge is 0.477 e. The summed E-state index contributed by atoms with van der Waals surface area (Å²) in [5.74, 6) is -0.865. The Kier molecular flexibility index (Phi) is 3.39. The van der Waals surface area contributed by atoms with Crippen LogP contribution in [-0.4, -0.2) is 11.1 Å². The number of para-hydroxylation sites is 1. The van der Waals surface area contributed by atoms with Gasteiger partial charge in [0.05, 0.1) is 0 Å². The Bertz CT molecular complexity index is 750. The molecule has 0 saturated carbocycles. The number of hydrogen-bond donors (Lipinski definition) is 2. The molecule has 0 spiro atoms. The third kappa shape index (κ3) is 2.38. The maximum Gasteiger partial charge on any atom is 0.346 e. The van der Waals surface area contributed by atoms with Crippen LogP contribution < -0.4 is 5.32 Å². The summed E-state index contributed by atoms with van der Waals surface area (Å²) in [4.78, 5) is 11.8. The van der Waals surface area contributed by atoms with Crippen LogP contribution in [0, 0.1) is 0 Å². The Morgan fingerprint density at radius 1 is 1.05 bits per heavy atom. The zero-order valence-corrected chi connectivity index (χ0v) is 11.5. The van der Waals surface area contributed by atoms with E-state index in [9.17, 15) is 9.90 Å². The highest BCUT2D eigenvalue weighted by Gasteiger charge is 2.16. The molecule has 0 aliphatic rings. The van der Waals surface area contributed by atoms with Crippen molar-refractivity contribution in [3.63, 3.8) is 0 Å². The van der Waals surface area contributed by atoms with Crippen molar-refractivity contribution in [2.75, 3.05) is 5.32 Å². The maximum absolute atomic E-state index is 11.4. The van der Waals surface area contributed by atoms with Crippen molar-refractivity contribution < 1.29 is 9.90 Å². The average molecular weight is 283 g/mol. The highest BCUT2D eigenvalue weighted by atomic mass is 32.1. The molecule has 3 rings (SSSR count). The van der Waals surface area contributed by atoms with Gasteiger partial charge in [-0.3, -0.25) is 0 Å². The van der Waals surface area contributed by atoms with Crippen LogP contribution in [0.1, 0.15) is 15.2 Å². The first-order valence-corrected chi connectivity index (χ1v) is 7.10. The Morgan fingerprint density at radius 3 is 2.50 bits per heavy atom. The van der Waals surface area contributed by atoms with Crippen molar-refractivity contribution >= 4 is 33.1 Å².